The van der Waals surface area contributed by atoms with Crippen LogP contribution in [0.2, 0.25) is 0 Å². The van der Waals surface area contributed by atoms with Gasteiger partial charge >= 0.3 is 6.18 Å². The maximum absolute atomic E-state index is 13.0. The third-order valence-electron chi connectivity index (χ3n) is 3.61. The highest BCUT2D eigenvalue weighted by Crippen LogP contribution is 2.35. The van der Waals surface area contributed by atoms with Crippen molar-refractivity contribution in [3.63, 3.8) is 0 Å². The van der Waals surface area contributed by atoms with E-state index in [0.29, 0.717) is 11.3 Å². The molecule has 0 fully saturated rings. The zero-order valence-corrected chi connectivity index (χ0v) is 15.5. The van der Waals surface area contributed by atoms with E-state index in [1.165, 1.54) is 19.2 Å². The van der Waals surface area contributed by atoms with Crippen LogP contribution >= 0.6 is 12.4 Å². The van der Waals surface area contributed by atoms with Gasteiger partial charge in [-0.1, -0.05) is 6.07 Å². The van der Waals surface area contributed by atoms with Gasteiger partial charge in [-0.15, -0.1) is 12.4 Å². The number of amides is 1. The molecule has 2 aromatic carbocycles. The Morgan fingerprint density at radius 1 is 1.15 bits per heavy atom. The summed E-state index contributed by atoms with van der Waals surface area (Å²) in [4.78, 5) is 12.5. The first-order chi connectivity index (χ1) is 12.2. The van der Waals surface area contributed by atoms with Gasteiger partial charge in [-0.25, -0.2) is 0 Å². The molecule has 0 aliphatic rings. The van der Waals surface area contributed by atoms with E-state index in [0.717, 1.165) is 12.1 Å². The van der Waals surface area contributed by atoms with Crippen LogP contribution in [0.1, 0.15) is 21.5 Å². The van der Waals surface area contributed by atoms with Crippen LogP contribution in [0.25, 0.3) is 0 Å². The van der Waals surface area contributed by atoms with E-state index < -0.39 is 17.6 Å². The van der Waals surface area contributed by atoms with Crippen LogP contribution < -0.4 is 15.8 Å². The van der Waals surface area contributed by atoms with Crippen molar-refractivity contribution in [3.8, 4) is 5.75 Å². The molecule has 148 valence electrons. The fourth-order valence-corrected chi connectivity index (χ4v) is 2.24. The number of hydrogen-bond donors (Lipinski definition) is 2. The maximum Gasteiger partial charge on any atom is 0.416 e. The smallest absolute Gasteiger partial charge is 0.416 e. The average Bonchev–Trinajstić information content (AvgIpc) is 2.57. The molecule has 0 saturated heterocycles. The monoisotopic (exact) mass is 404 g/mol. The predicted octanol–water partition coefficient (Wildman–Crippen LogP) is 4.30. The van der Waals surface area contributed by atoms with Crippen LogP contribution in [0.15, 0.2) is 36.4 Å². The molecule has 2 rings (SSSR count). The first-order valence-corrected chi connectivity index (χ1v) is 7.73. The van der Waals surface area contributed by atoms with Gasteiger partial charge in [0.25, 0.3) is 5.91 Å². The second-order valence-electron chi connectivity index (χ2n) is 5.58. The number of halogens is 4. The van der Waals surface area contributed by atoms with Crippen LogP contribution in [-0.4, -0.2) is 26.2 Å². The van der Waals surface area contributed by atoms with Gasteiger partial charge in [-0.3, -0.25) is 4.79 Å². The van der Waals surface area contributed by atoms with Crippen LogP contribution in [0.3, 0.4) is 0 Å². The van der Waals surface area contributed by atoms with Crippen molar-refractivity contribution >= 4 is 29.7 Å². The van der Waals surface area contributed by atoms with Gasteiger partial charge in [-0.05, 0) is 42.8 Å². The Bertz CT molecular complexity index is 798. The zero-order chi connectivity index (χ0) is 19.3. The first kappa shape index (κ1) is 22.6. The Labute approximate surface area is 161 Å². The fraction of sp³-hybridized carbons (Fsp3) is 0.278. The van der Waals surface area contributed by atoms with Crippen LogP contribution in [0, 0.1) is 6.92 Å². The number of carbonyl (C=O) groups excluding carboxylic acids is 1. The normalized spacial score (nSPS) is 10.9. The summed E-state index contributed by atoms with van der Waals surface area (Å²) in [5.41, 5.74) is 6.00. The van der Waals surface area contributed by atoms with E-state index in [1.807, 2.05) is 0 Å². The highest BCUT2D eigenvalue weighted by molar-refractivity contribution is 6.06. The standard InChI is InChI=1S/C18H19F3N2O3.ClH/c1-11-3-5-13(22)10-14(11)17(24)23-15-9-12(18(19,20)21)4-6-16(15)26-8-7-25-2;/h3-6,9-10H,7-8,22H2,1-2H3,(H,23,24);1H. The molecule has 0 saturated carbocycles. The Morgan fingerprint density at radius 2 is 1.85 bits per heavy atom. The fourth-order valence-electron chi connectivity index (χ4n) is 2.24. The molecule has 0 aromatic heterocycles. The number of rotatable bonds is 6. The summed E-state index contributed by atoms with van der Waals surface area (Å²) in [6.07, 6.45) is -4.54. The number of aryl methyl sites for hydroxylation is 1. The van der Waals surface area contributed by atoms with Crippen LogP contribution in [0.5, 0.6) is 5.75 Å². The van der Waals surface area contributed by atoms with E-state index >= 15 is 0 Å². The van der Waals surface area contributed by atoms with Crippen molar-refractivity contribution < 1.29 is 27.4 Å². The third-order valence-corrected chi connectivity index (χ3v) is 3.61. The summed E-state index contributed by atoms with van der Waals surface area (Å²) < 4.78 is 49.2. The number of nitrogens with one attached hydrogen (secondary N) is 1. The molecular weight excluding hydrogens is 385 g/mol. The largest absolute Gasteiger partial charge is 0.489 e. The summed E-state index contributed by atoms with van der Waals surface area (Å²) >= 11 is 0. The van der Waals surface area contributed by atoms with Gasteiger partial charge in [0.15, 0.2) is 0 Å². The SMILES string of the molecule is COCCOc1ccc(C(F)(F)F)cc1NC(=O)c1cc(N)ccc1C.Cl. The summed E-state index contributed by atoms with van der Waals surface area (Å²) in [5, 5.41) is 2.47. The van der Waals surface area contributed by atoms with Crippen molar-refractivity contribution in [1.82, 2.24) is 0 Å². The number of hydrogen-bond acceptors (Lipinski definition) is 4. The molecular formula is C18H20ClF3N2O3. The maximum atomic E-state index is 13.0. The lowest BCUT2D eigenvalue weighted by atomic mass is 10.1. The predicted molar refractivity (Wildman–Crippen MR) is 99.6 cm³/mol. The molecule has 0 bridgehead atoms. The molecule has 0 unspecified atom stereocenters. The van der Waals surface area contributed by atoms with Gasteiger partial charge in [-0.2, -0.15) is 13.2 Å². The van der Waals surface area contributed by atoms with Crippen molar-refractivity contribution in [2.75, 3.05) is 31.4 Å². The summed E-state index contributed by atoms with van der Waals surface area (Å²) in [6.45, 7) is 2.08. The van der Waals surface area contributed by atoms with E-state index in [-0.39, 0.29) is 42.6 Å². The third kappa shape index (κ3) is 6.04. The number of methoxy groups -OCH3 is 1. The van der Waals surface area contributed by atoms with Gasteiger partial charge in [0.1, 0.15) is 12.4 Å². The van der Waals surface area contributed by atoms with Crippen LogP contribution in [0.4, 0.5) is 24.5 Å². The molecule has 0 atom stereocenters. The lowest BCUT2D eigenvalue weighted by Crippen LogP contribution is -2.16. The number of nitrogen functional groups attached to an aromatic ring is 1. The Balaban J connectivity index is 0.00000364. The number of anilines is 2. The molecule has 27 heavy (non-hydrogen) atoms. The van der Waals surface area contributed by atoms with Gasteiger partial charge in [0.05, 0.1) is 17.9 Å². The van der Waals surface area contributed by atoms with Gasteiger partial charge in [0.2, 0.25) is 0 Å². The first-order valence-electron chi connectivity index (χ1n) is 7.73. The number of alkyl halides is 3. The molecule has 0 aliphatic carbocycles. The van der Waals surface area contributed by atoms with Crippen molar-refractivity contribution in [2.45, 2.75) is 13.1 Å². The van der Waals surface area contributed by atoms with Gasteiger partial charge in [0, 0.05) is 18.4 Å². The number of benzene rings is 2. The van der Waals surface area contributed by atoms with E-state index in [9.17, 15) is 18.0 Å². The summed E-state index contributed by atoms with van der Waals surface area (Å²) in [6, 6.07) is 7.65. The molecule has 0 heterocycles. The molecule has 5 nitrogen and oxygen atoms in total. The minimum absolute atomic E-state index is 0. The topological polar surface area (TPSA) is 73.6 Å². The van der Waals surface area contributed by atoms with E-state index in [4.69, 9.17) is 15.2 Å². The lowest BCUT2D eigenvalue weighted by molar-refractivity contribution is -0.137. The second kappa shape index (κ2) is 9.48. The highest BCUT2D eigenvalue weighted by Gasteiger charge is 2.31. The molecule has 0 spiro atoms. The average molecular weight is 405 g/mol. The Morgan fingerprint density at radius 3 is 2.48 bits per heavy atom. The number of ether oxygens (including phenoxy) is 2. The van der Waals surface area contributed by atoms with E-state index in [2.05, 4.69) is 5.32 Å². The van der Waals surface area contributed by atoms with Crippen molar-refractivity contribution in [1.29, 1.82) is 0 Å². The van der Waals surface area contributed by atoms with E-state index in [1.54, 1.807) is 19.1 Å². The molecule has 3 N–H and O–H groups in total. The number of carbonyl (C=O) groups is 1. The summed E-state index contributed by atoms with van der Waals surface area (Å²) in [5.74, 6) is -0.462. The molecule has 0 radical (unpaired) electrons. The highest BCUT2D eigenvalue weighted by atomic mass is 35.5. The second-order valence-corrected chi connectivity index (χ2v) is 5.58. The van der Waals surface area contributed by atoms with Gasteiger partial charge < -0.3 is 20.5 Å². The van der Waals surface area contributed by atoms with Crippen molar-refractivity contribution in [3.05, 3.63) is 53.1 Å². The summed E-state index contributed by atoms with van der Waals surface area (Å²) in [7, 11) is 1.47. The Hall–Kier alpha value is -2.45. The minimum Gasteiger partial charge on any atom is -0.489 e. The molecule has 2 aromatic rings. The minimum atomic E-state index is -4.54. The molecule has 9 heteroatoms. The van der Waals surface area contributed by atoms with Crippen LogP contribution in [-0.2, 0) is 10.9 Å². The lowest BCUT2D eigenvalue weighted by Gasteiger charge is -2.16. The zero-order valence-electron chi connectivity index (χ0n) is 14.7. The quantitative estimate of drug-likeness (QED) is 0.556. The molecule has 0 aliphatic heterocycles. The Kier molecular flexibility index (Phi) is 7.93. The molecule has 1 amide bonds. The van der Waals surface area contributed by atoms with Crippen molar-refractivity contribution in [2.24, 2.45) is 0 Å². The number of nitrogens with two attached hydrogens (primary N) is 1.